The van der Waals surface area contributed by atoms with Gasteiger partial charge in [0.15, 0.2) is 0 Å². The van der Waals surface area contributed by atoms with Crippen molar-refractivity contribution in [2.24, 2.45) is 11.8 Å². The van der Waals surface area contributed by atoms with Crippen LogP contribution in [0.2, 0.25) is 0 Å². The van der Waals surface area contributed by atoms with Crippen LogP contribution in [0.25, 0.3) is 0 Å². The molecular weight excluding hydrogens is 268 g/mol. The van der Waals surface area contributed by atoms with Crippen LogP contribution in [0.5, 0.6) is 0 Å². The first-order valence-electron chi connectivity index (χ1n) is 8.42. The summed E-state index contributed by atoms with van der Waals surface area (Å²) < 4.78 is 0. The lowest BCUT2D eigenvalue weighted by Crippen LogP contribution is -1.89. The fourth-order valence-corrected chi connectivity index (χ4v) is 3.66. The van der Waals surface area contributed by atoms with Gasteiger partial charge in [0.1, 0.15) is 0 Å². The molecule has 1 N–H and O–H groups in total. The summed E-state index contributed by atoms with van der Waals surface area (Å²) in [5.74, 6) is 1.47. The Bertz CT molecular complexity index is 578. The standard InChI is InChI=1S/C15H16.C6H10O/c1-12-5-3-7-14(9-12)11-15-8-4-6-13(2)10-15;7-6-4-2-1-3-5(4)6/h3-10H,11H2,1-2H3;4-7H,1-3H2. The van der Waals surface area contributed by atoms with E-state index in [1.807, 2.05) is 0 Å². The third-order valence-electron chi connectivity index (χ3n) is 4.93. The van der Waals surface area contributed by atoms with E-state index in [-0.39, 0.29) is 6.10 Å². The minimum Gasteiger partial charge on any atom is -0.393 e. The summed E-state index contributed by atoms with van der Waals surface area (Å²) in [7, 11) is 0. The Hall–Kier alpha value is -1.60. The van der Waals surface area contributed by atoms with E-state index in [0.29, 0.717) is 0 Å². The SMILES string of the molecule is Cc1cccc(Cc2cccc(C)c2)c1.OC1C2CCCC12. The Kier molecular flexibility index (Phi) is 4.63. The Morgan fingerprint density at radius 2 is 1.36 bits per heavy atom. The molecule has 0 amide bonds. The van der Waals surface area contributed by atoms with Crippen LogP contribution in [0, 0.1) is 25.7 Å². The second-order valence-electron chi connectivity index (χ2n) is 6.90. The first-order chi connectivity index (χ1) is 10.6. The van der Waals surface area contributed by atoms with Crippen molar-refractivity contribution in [3.8, 4) is 0 Å². The molecule has 2 saturated carbocycles. The number of rotatable bonds is 2. The molecule has 2 unspecified atom stereocenters. The van der Waals surface area contributed by atoms with Gasteiger partial charge in [-0.05, 0) is 56.1 Å². The Morgan fingerprint density at radius 1 is 0.864 bits per heavy atom. The minimum absolute atomic E-state index is 0.119. The monoisotopic (exact) mass is 294 g/mol. The molecule has 0 radical (unpaired) electrons. The molecular formula is C21H26O. The van der Waals surface area contributed by atoms with Crippen LogP contribution >= 0.6 is 0 Å². The van der Waals surface area contributed by atoms with Gasteiger partial charge in [-0.3, -0.25) is 0 Å². The molecule has 2 aromatic carbocycles. The normalized spacial score (nSPS) is 25.1. The number of benzene rings is 2. The molecule has 2 aliphatic rings. The number of aliphatic hydroxyl groups excluding tert-OH is 1. The number of aryl methyl sites for hydroxylation is 2. The predicted molar refractivity (Wildman–Crippen MR) is 92.0 cm³/mol. The lowest BCUT2D eigenvalue weighted by molar-refractivity contribution is 0.233. The lowest BCUT2D eigenvalue weighted by Gasteiger charge is -2.03. The van der Waals surface area contributed by atoms with Gasteiger partial charge < -0.3 is 5.11 Å². The van der Waals surface area contributed by atoms with E-state index in [1.54, 1.807) is 0 Å². The summed E-state index contributed by atoms with van der Waals surface area (Å²) in [5, 5.41) is 8.95. The largest absolute Gasteiger partial charge is 0.393 e. The molecule has 0 saturated heterocycles. The van der Waals surface area contributed by atoms with Crippen LogP contribution in [0.1, 0.15) is 41.5 Å². The third kappa shape index (κ3) is 3.78. The van der Waals surface area contributed by atoms with Gasteiger partial charge in [0.2, 0.25) is 0 Å². The Morgan fingerprint density at radius 3 is 1.73 bits per heavy atom. The van der Waals surface area contributed by atoms with Gasteiger partial charge in [0.25, 0.3) is 0 Å². The molecule has 1 heteroatoms. The topological polar surface area (TPSA) is 20.2 Å². The Labute approximate surface area is 134 Å². The van der Waals surface area contributed by atoms with Gasteiger partial charge in [-0.2, -0.15) is 0 Å². The van der Waals surface area contributed by atoms with E-state index in [0.717, 1.165) is 18.3 Å². The molecule has 2 aliphatic carbocycles. The molecule has 0 aromatic heterocycles. The zero-order valence-electron chi connectivity index (χ0n) is 13.6. The van der Waals surface area contributed by atoms with Crippen molar-refractivity contribution in [1.82, 2.24) is 0 Å². The zero-order valence-corrected chi connectivity index (χ0v) is 13.6. The highest BCUT2D eigenvalue weighted by Gasteiger charge is 2.51. The van der Waals surface area contributed by atoms with Gasteiger partial charge in [-0.1, -0.05) is 66.1 Å². The zero-order chi connectivity index (χ0) is 15.5. The molecule has 2 aromatic rings. The van der Waals surface area contributed by atoms with E-state index >= 15 is 0 Å². The minimum atomic E-state index is 0.119. The van der Waals surface area contributed by atoms with Crippen LogP contribution in [-0.2, 0) is 6.42 Å². The molecule has 22 heavy (non-hydrogen) atoms. The average Bonchev–Trinajstić information content (AvgIpc) is 2.89. The van der Waals surface area contributed by atoms with Gasteiger partial charge >= 0.3 is 0 Å². The van der Waals surface area contributed by atoms with E-state index in [4.69, 9.17) is 5.11 Å². The van der Waals surface area contributed by atoms with E-state index in [1.165, 1.54) is 41.5 Å². The third-order valence-corrected chi connectivity index (χ3v) is 4.93. The van der Waals surface area contributed by atoms with Gasteiger partial charge in [-0.15, -0.1) is 0 Å². The van der Waals surface area contributed by atoms with Crippen LogP contribution in [0.3, 0.4) is 0 Å². The van der Waals surface area contributed by atoms with Crippen molar-refractivity contribution >= 4 is 0 Å². The van der Waals surface area contributed by atoms with Crippen LogP contribution < -0.4 is 0 Å². The smallest absolute Gasteiger partial charge is 0.0603 e. The summed E-state index contributed by atoms with van der Waals surface area (Å²) in [5.41, 5.74) is 5.45. The molecule has 116 valence electrons. The molecule has 2 fully saturated rings. The fraction of sp³-hybridized carbons (Fsp3) is 0.429. The molecule has 0 bridgehead atoms. The average molecular weight is 294 g/mol. The summed E-state index contributed by atoms with van der Waals surface area (Å²) in [6.07, 6.45) is 5.11. The van der Waals surface area contributed by atoms with Crippen molar-refractivity contribution in [2.75, 3.05) is 0 Å². The molecule has 0 heterocycles. The van der Waals surface area contributed by atoms with Crippen LogP contribution in [0.15, 0.2) is 48.5 Å². The number of hydrogen-bond donors (Lipinski definition) is 1. The maximum atomic E-state index is 8.95. The fourth-order valence-electron chi connectivity index (χ4n) is 3.66. The summed E-state index contributed by atoms with van der Waals surface area (Å²) >= 11 is 0. The van der Waals surface area contributed by atoms with Crippen molar-refractivity contribution in [1.29, 1.82) is 0 Å². The van der Waals surface area contributed by atoms with E-state index in [9.17, 15) is 0 Å². The second kappa shape index (κ2) is 6.66. The van der Waals surface area contributed by atoms with Crippen LogP contribution in [0.4, 0.5) is 0 Å². The molecule has 0 spiro atoms. The summed E-state index contributed by atoms with van der Waals surface area (Å²) in [6.45, 7) is 4.28. The molecule has 4 rings (SSSR count). The van der Waals surface area contributed by atoms with Gasteiger partial charge in [-0.25, -0.2) is 0 Å². The van der Waals surface area contributed by atoms with E-state index in [2.05, 4.69) is 62.4 Å². The summed E-state index contributed by atoms with van der Waals surface area (Å²) in [4.78, 5) is 0. The predicted octanol–water partition coefficient (Wildman–Crippen LogP) is 4.67. The highest BCUT2D eigenvalue weighted by molar-refractivity contribution is 5.30. The Balaban J connectivity index is 0.000000169. The number of aliphatic hydroxyl groups is 1. The van der Waals surface area contributed by atoms with Crippen LogP contribution in [-0.4, -0.2) is 11.2 Å². The van der Waals surface area contributed by atoms with Crippen molar-refractivity contribution in [3.63, 3.8) is 0 Å². The van der Waals surface area contributed by atoms with E-state index < -0.39 is 0 Å². The second-order valence-corrected chi connectivity index (χ2v) is 6.90. The van der Waals surface area contributed by atoms with Gasteiger partial charge in [0.05, 0.1) is 6.10 Å². The first-order valence-corrected chi connectivity index (χ1v) is 8.42. The van der Waals surface area contributed by atoms with Gasteiger partial charge in [0, 0.05) is 0 Å². The first kappa shape index (κ1) is 15.3. The molecule has 1 nitrogen and oxygen atoms in total. The van der Waals surface area contributed by atoms with Crippen molar-refractivity contribution < 1.29 is 5.11 Å². The highest BCUT2D eigenvalue weighted by atomic mass is 16.3. The van der Waals surface area contributed by atoms with Crippen molar-refractivity contribution in [2.45, 2.75) is 45.6 Å². The summed E-state index contributed by atoms with van der Waals surface area (Å²) in [6, 6.07) is 17.4. The maximum Gasteiger partial charge on any atom is 0.0603 e. The highest BCUT2D eigenvalue weighted by Crippen LogP contribution is 2.51. The molecule has 2 atom stereocenters. The number of hydrogen-bond acceptors (Lipinski definition) is 1. The lowest BCUT2D eigenvalue weighted by atomic mass is 10.0. The van der Waals surface area contributed by atoms with Crippen molar-refractivity contribution in [3.05, 3.63) is 70.8 Å². The molecule has 0 aliphatic heterocycles. The quantitative estimate of drug-likeness (QED) is 0.853. The number of fused-ring (bicyclic) bond motifs is 1. The maximum absolute atomic E-state index is 8.95.